The fraction of sp³-hybridized carbons (Fsp3) is 0. The summed E-state index contributed by atoms with van der Waals surface area (Å²) in [5, 5.41) is 9.08. The molecule has 0 amide bonds. The molecule has 1 aromatic rings. The minimum Gasteiger partial charge on any atom is -0.238 e. The lowest BCUT2D eigenvalue weighted by Gasteiger charge is -1.98. The molecular weight excluding hydrogens is 148 g/mol. The summed E-state index contributed by atoms with van der Waals surface area (Å²) in [4.78, 5) is 13.5. The maximum absolute atomic E-state index is 9.78. The molecule has 6 nitrogen and oxygen atoms in total. The molecule has 11 heavy (non-hydrogen) atoms. The summed E-state index contributed by atoms with van der Waals surface area (Å²) in [6.07, 6.45) is 1.53. The SMILES string of the molecule is O=[N+]([O-])NNc1ccccn1. The molecule has 0 unspecified atom stereocenters. The highest BCUT2D eigenvalue weighted by molar-refractivity contribution is 5.30. The van der Waals surface area contributed by atoms with Crippen molar-refractivity contribution in [3.63, 3.8) is 0 Å². The molecular formula is C5H6N4O2. The fourth-order valence-electron chi connectivity index (χ4n) is 0.540. The van der Waals surface area contributed by atoms with Crippen molar-refractivity contribution in [1.82, 2.24) is 10.5 Å². The first-order chi connectivity index (χ1) is 5.29. The first-order valence-corrected chi connectivity index (χ1v) is 2.86. The van der Waals surface area contributed by atoms with E-state index in [4.69, 9.17) is 0 Å². The highest BCUT2D eigenvalue weighted by Crippen LogP contribution is 1.95. The Morgan fingerprint density at radius 3 is 2.91 bits per heavy atom. The van der Waals surface area contributed by atoms with Gasteiger partial charge in [-0.05, 0) is 17.7 Å². The van der Waals surface area contributed by atoms with E-state index in [1.165, 1.54) is 6.20 Å². The Morgan fingerprint density at radius 2 is 2.36 bits per heavy atom. The van der Waals surface area contributed by atoms with E-state index >= 15 is 0 Å². The third-order valence-electron chi connectivity index (χ3n) is 0.940. The van der Waals surface area contributed by atoms with Crippen molar-refractivity contribution >= 4 is 5.82 Å². The molecule has 0 radical (unpaired) electrons. The number of rotatable bonds is 3. The quantitative estimate of drug-likeness (QED) is 0.479. The van der Waals surface area contributed by atoms with Gasteiger partial charge in [-0.3, -0.25) is 0 Å². The van der Waals surface area contributed by atoms with Gasteiger partial charge in [0.15, 0.2) is 5.03 Å². The molecule has 2 N–H and O–H groups in total. The standard InChI is InChI=1S/C5H6N4O2/c10-9(11)8-7-5-3-1-2-4-6-5/h1-4,8H,(H,6,7). The zero-order chi connectivity index (χ0) is 8.10. The number of nitrogens with one attached hydrogen (secondary N) is 2. The van der Waals surface area contributed by atoms with Gasteiger partial charge < -0.3 is 0 Å². The second-order valence-electron chi connectivity index (χ2n) is 1.71. The van der Waals surface area contributed by atoms with E-state index in [1.807, 2.05) is 0 Å². The average molecular weight is 154 g/mol. The minimum atomic E-state index is -0.700. The molecule has 0 spiro atoms. The van der Waals surface area contributed by atoms with Gasteiger partial charge in [0.25, 0.3) is 0 Å². The lowest BCUT2D eigenvalue weighted by Crippen LogP contribution is -2.28. The molecule has 0 saturated heterocycles. The van der Waals surface area contributed by atoms with E-state index in [-0.39, 0.29) is 0 Å². The van der Waals surface area contributed by atoms with Crippen molar-refractivity contribution in [3.05, 3.63) is 34.5 Å². The fourth-order valence-corrected chi connectivity index (χ4v) is 0.540. The van der Waals surface area contributed by atoms with Gasteiger partial charge in [-0.15, -0.1) is 0 Å². The van der Waals surface area contributed by atoms with E-state index < -0.39 is 5.03 Å². The lowest BCUT2D eigenvalue weighted by atomic mass is 10.5. The number of pyridine rings is 1. The van der Waals surface area contributed by atoms with Gasteiger partial charge in [-0.1, -0.05) is 6.07 Å². The smallest absolute Gasteiger partial charge is 0.178 e. The number of hydrogen-bond acceptors (Lipinski definition) is 4. The number of anilines is 1. The highest BCUT2D eigenvalue weighted by atomic mass is 16.7. The van der Waals surface area contributed by atoms with Crippen molar-refractivity contribution in [1.29, 1.82) is 0 Å². The van der Waals surface area contributed by atoms with Crippen LogP contribution in [0.5, 0.6) is 0 Å². The van der Waals surface area contributed by atoms with Crippen molar-refractivity contribution in [2.75, 3.05) is 5.43 Å². The van der Waals surface area contributed by atoms with Crippen LogP contribution in [-0.2, 0) is 0 Å². The van der Waals surface area contributed by atoms with E-state index in [1.54, 1.807) is 23.7 Å². The molecule has 0 aromatic carbocycles. The topological polar surface area (TPSA) is 80.1 Å². The number of nitro groups is 1. The molecule has 1 heterocycles. The molecule has 0 aliphatic rings. The summed E-state index contributed by atoms with van der Waals surface area (Å²) >= 11 is 0. The van der Waals surface area contributed by atoms with Gasteiger partial charge in [0.2, 0.25) is 0 Å². The molecule has 0 aliphatic heterocycles. The number of hydrazine groups is 2. The Labute approximate surface area is 62.3 Å². The van der Waals surface area contributed by atoms with Gasteiger partial charge >= 0.3 is 0 Å². The maximum atomic E-state index is 9.78. The Morgan fingerprint density at radius 1 is 1.55 bits per heavy atom. The first-order valence-electron chi connectivity index (χ1n) is 2.86. The first kappa shape index (κ1) is 7.26. The third-order valence-corrected chi connectivity index (χ3v) is 0.940. The molecule has 58 valence electrons. The van der Waals surface area contributed by atoms with Crippen LogP contribution in [0.15, 0.2) is 24.4 Å². The van der Waals surface area contributed by atoms with Crippen molar-refractivity contribution in [2.45, 2.75) is 0 Å². The highest BCUT2D eigenvalue weighted by Gasteiger charge is 1.92. The predicted octanol–water partition coefficient (Wildman–Crippen LogP) is 0.190. The van der Waals surface area contributed by atoms with Gasteiger partial charge in [0, 0.05) is 6.20 Å². The van der Waals surface area contributed by atoms with E-state index in [0.29, 0.717) is 5.82 Å². The van der Waals surface area contributed by atoms with Crippen molar-refractivity contribution in [2.24, 2.45) is 0 Å². The summed E-state index contributed by atoms with van der Waals surface area (Å²) < 4.78 is 0. The van der Waals surface area contributed by atoms with Crippen molar-refractivity contribution in [3.8, 4) is 0 Å². The van der Waals surface area contributed by atoms with E-state index in [0.717, 1.165) is 0 Å². The molecule has 0 atom stereocenters. The van der Waals surface area contributed by atoms with E-state index in [2.05, 4.69) is 10.4 Å². The van der Waals surface area contributed by atoms with Crippen LogP contribution in [0.1, 0.15) is 0 Å². The Balaban J connectivity index is 2.45. The zero-order valence-electron chi connectivity index (χ0n) is 5.52. The zero-order valence-corrected chi connectivity index (χ0v) is 5.52. The van der Waals surface area contributed by atoms with Crippen LogP contribution in [0.4, 0.5) is 5.82 Å². The average Bonchev–Trinajstić information content (AvgIpc) is 2.03. The molecule has 1 rings (SSSR count). The summed E-state index contributed by atoms with van der Waals surface area (Å²) in [5.41, 5.74) is 4.06. The van der Waals surface area contributed by atoms with Crippen LogP contribution in [0.3, 0.4) is 0 Å². The van der Waals surface area contributed by atoms with Gasteiger partial charge in [-0.25, -0.2) is 20.5 Å². The molecule has 0 fully saturated rings. The van der Waals surface area contributed by atoms with Crippen LogP contribution in [0, 0.1) is 10.1 Å². The normalized spacial score (nSPS) is 8.73. The Hall–Kier alpha value is -1.85. The van der Waals surface area contributed by atoms with Crippen LogP contribution >= 0.6 is 0 Å². The van der Waals surface area contributed by atoms with Gasteiger partial charge in [0.1, 0.15) is 5.82 Å². The minimum absolute atomic E-state index is 0.407. The molecule has 0 saturated carbocycles. The molecule has 0 bridgehead atoms. The summed E-state index contributed by atoms with van der Waals surface area (Å²) in [5.74, 6) is 0.407. The molecule has 0 aliphatic carbocycles. The van der Waals surface area contributed by atoms with Crippen molar-refractivity contribution < 1.29 is 5.03 Å². The summed E-state index contributed by atoms with van der Waals surface area (Å²) in [6.45, 7) is 0. The van der Waals surface area contributed by atoms with Crippen LogP contribution in [0.2, 0.25) is 0 Å². The van der Waals surface area contributed by atoms with Gasteiger partial charge in [-0.2, -0.15) is 0 Å². The third kappa shape index (κ3) is 2.48. The van der Waals surface area contributed by atoms with Crippen LogP contribution in [-0.4, -0.2) is 10.0 Å². The number of hydrogen-bond donors (Lipinski definition) is 2. The summed E-state index contributed by atoms with van der Waals surface area (Å²) in [6, 6.07) is 5.05. The predicted molar refractivity (Wildman–Crippen MR) is 38.0 cm³/mol. The summed E-state index contributed by atoms with van der Waals surface area (Å²) in [7, 11) is 0. The van der Waals surface area contributed by atoms with Gasteiger partial charge in [0.05, 0.1) is 0 Å². The molecule has 6 heteroatoms. The Bertz CT molecular complexity index is 237. The van der Waals surface area contributed by atoms with Crippen LogP contribution < -0.4 is 11.0 Å². The molecule has 1 aromatic heterocycles. The monoisotopic (exact) mass is 154 g/mol. The maximum Gasteiger partial charge on any atom is 0.178 e. The number of nitrogens with zero attached hydrogens (tertiary/aromatic N) is 2. The Kier molecular flexibility index (Phi) is 2.21. The lowest BCUT2D eigenvalue weighted by molar-refractivity contribution is -0.538. The number of aromatic nitrogens is 1. The largest absolute Gasteiger partial charge is 0.238 e. The second-order valence-corrected chi connectivity index (χ2v) is 1.71. The van der Waals surface area contributed by atoms with Crippen LogP contribution in [0.25, 0.3) is 0 Å². The van der Waals surface area contributed by atoms with E-state index in [9.17, 15) is 10.1 Å². The second kappa shape index (κ2) is 3.35.